The van der Waals surface area contributed by atoms with Gasteiger partial charge in [0.15, 0.2) is 0 Å². The second-order valence-corrected chi connectivity index (χ2v) is 9.45. The van der Waals surface area contributed by atoms with Crippen LogP contribution in [0.4, 0.5) is 5.69 Å². The number of anilines is 1. The van der Waals surface area contributed by atoms with E-state index in [9.17, 15) is 4.79 Å². The topological polar surface area (TPSA) is 50.2 Å². The van der Waals surface area contributed by atoms with E-state index < -0.39 is 0 Å². The molecule has 34 heavy (non-hydrogen) atoms. The SMILES string of the molecule is CC(Nc1cccc(CN2CCCCC2=O)c1)c1nc2cc(Cl)ccc2n1Cc1ccccc1. The van der Waals surface area contributed by atoms with Crippen molar-refractivity contribution < 1.29 is 4.79 Å². The summed E-state index contributed by atoms with van der Waals surface area (Å²) in [6, 6.07) is 24.6. The molecule has 0 aliphatic carbocycles. The van der Waals surface area contributed by atoms with Gasteiger partial charge in [-0.2, -0.15) is 0 Å². The fourth-order valence-corrected chi connectivity index (χ4v) is 4.87. The maximum absolute atomic E-state index is 12.2. The van der Waals surface area contributed by atoms with Crippen LogP contribution >= 0.6 is 11.6 Å². The lowest BCUT2D eigenvalue weighted by atomic mass is 10.1. The molecule has 1 aromatic heterocycles. The quantitative estimate of drug-likeness (QED) is 0.337. The number of nitrogens with zero attached hydrogens (tertiary/aromatic N) is 3. The lowest BCUT2D eigenvalue weighted by molar-refractivity contribution is -0.133. The van der Waals surface area contributed by atoms with Gasteiger partial charge in [-0.1, -0.05) is 54.1 Å². The maximum atomic E-state index is 12.2. The van der Waals surface area contributed by atoms with Gasteiger partial charge in [0.25, 0.3) is 0 Å². The number of imidazole rings is 1. The Balaban J connectivity index is 1.40. The average molecular weight is 473 g/mol. The van der Waals surface area contributed by atoms with E-state index in [1.54, 1.807) is 0 Å². The van der Waals surface area contributed by atoms with Gasteiger partial charge in [-0.25, -0.2) is 4.98 Å². The van der Waals surface area contributed by atoms with Crippen LogP contribution in [0.2, 0.25) is 5.02 Å². The van der Waals surface area contributed by atoms with Crippen LogP contribution in [0.25, 0.3) is 11.0 Å². The molecule has 0 bridgehead atoms. The molecule has 1 fully saturated rings. The van der Waals surface area contributed by atoms with Crippen molar-refractivity contribution >= 4 is 34.2 Å². The molecule has 1 amide bonds. The largest absolute Gasteiger partial charge is 0.375 e. The molecule has 1 aliphatic rings. The van der Waals surface area contributed by atoms with Gasteiger partial charge in [-0.3, -0.25) is 4.79 Å². The number of aromatic nitrogens is 2. The normalized spacial score (nSPS) is 15.0. The predicted molar refractivity (Wildman–Crippen MR) is 138 cm³/mol. The zero-order chi connectivity index (χ0) is 23.5. The summed E-state index contributed by atoms with van der Waals surface area (Å²) >= 11 is 6.26. The van der Waals surface area contributed by atoms with Crippen LogP contribution < -0.4 is 5.32 Å². The monoisotopic (exact) mass is 472 g/mol. The molecule has 5 nitrogen and oxygen atoms in total. The Morgan fingerprint density at radius 3 is 2.62 bits per heavy atom. The number of nitrogens with one attached hydrogen (secondary N) is 1. The van der Waals surface area contributed by atoms with Crippen LogP contribution in [0.5, 0.6) is 0 Å². The Morgan fingerprint density at radius 1 is 0.971 bits per heavy atom. The van der Waals surface area contributed by atoms with E-state index >= 15 is 0 Å². The van der Waals surface area contributed by atoms with Crippen molar-refractivity contribution in [1.29, 1.82) is 0 Å². The van der Waals surface area contributed by atoms with Crippen LogP contribution in [-0.4, -0.2) is 26.9 Å². The fraction of sp³-hybridized carbons (Fsp3) is 0.286. The standard InChI is InChI=1S/C28H29ClN4O/c1-20(30-24-11-7-10-22(16-24)18-32-15-6-5-12-27(32)34)28-31-25-17-23(29)13-14-26(25)33(28)19-21-8-3-2-4-9-21/h2-4,7-11,13-14,16-17,20,30H,5-6,12,15,18-19H2,1H3. The minimum Gasteiger partial charge on any atom is -0.375 e. The fourth-order valence-electron chi connectivity index (χ4n) is 4.71. The van der Waals surface area contributed by atoms with E-state index in [1.165, 1.54) is 5.56 Å². The summed E-state index contributed by atoms with van der Waals surface area (Å²) in [6.45, 7) is 4.37. The number of halogens is 1. The first kappa shape index (κ1) is 22.5. The van der Waals surface area contributed by atoms with Crippen LogP contribution in [-0.2, 0) is 17.9 Å². The molecule has 1 saturated heterocycles. The van der Waals surface area contributed by atoms with E-state index in [1.807, 2.05) is 35.2 Å². The maximum Gasteiger partial charge on any atom is 0.222 e. The second-order valence-electron chi connectivity index (χ2n) is 9.01. The van der Waals surface area contributed by atoms with Gasteiger partial charge < -0.3 is 14.8 Å². The summed E-state index contributed by atoms with van der Waals surface area (Å²) in [5.74, 6) is 1.21. The molecule has 174 valence electrons. The third-order valence-electron chi connectivity index (χ3n) is 6.42. The van der Waals surface area contributed by atoms with E-state index in [0.29, 0.717) is 18.0 Å². The molecule has 1 atom stereocenters. The summed E-state index contributed by atoms with van der Waals surface area (Å²) in [7, 11) is 0. The Morgan fingerprint density at radius 2 is 1.79 bits per heavy atom. The van der Waals surface area contributed by atoms with E-state index in [2.05, 4.69) is 59.3 Å². The predicted octanol–water partition coefficient (Wildman–Crippen LogP) is 6.42. The number of rotatable bonds is 7. The number of hydrogen-bond donors (Lipinski definition) is 1. The number of amides is 1. The molecule has 1 unspecified atom stereocenters. The Kier molecular flexibility index (Phi) is 6.54. The van der Waals surface area contributed by atoms with Gasteiger partial charge in [0.2, 0.25) is 5.91 Å². The first-order valence-electron chi connectivity index (χ1n) is 11.9. The minimum atomic E-state index is -0.0262. The summed E-state index contributed by atoms with van der Waals surface area (Å²) < 4.78 is 2.26. The number of carbonyl (C=O) groups excluding carboxylic acids is 1. The molecule has 4 aromatic rings. The summed E-state index contributed by atoms with van der Waals surface area (Å²) in [4.78, 5) is 19.2. The van der Waals surface area contributed by atoms with Gasteiger partial charge in [0.1, 0.15) is 5.82 Å². The van der Waals surface area contributed by atoms with Crippen molar-refractivity contribution in [3.05, 3.63) is 94.8 Å². The van der Waals surface area contributed by atoms with Crippen molar-refractivity contribution in [2.75, 3.05) is 11.9 Å². The molecule has 1 aliphatic heterocycles. The van der Waals surface area contributed by atoms with Crippen molar-refractivity contribution in [2.45, 2.75) is 45.3 Å². The molecular formula is C28H29ClN4O. The van der Waals surface area contributed by atoms with Gasteiger partial charge in [-0.05, 0) is 61.2 Å². The highest BCUT2D eigenvalue weighted by Crippen LogP contribution is 2.27. The summed E-state index contributed by atoms with van der Waals surface area (Å²) in [5, 5.41) is 4.31. The Bertz CT molecular complexity index is 1300. The number of carbonyl (C=O) groups is 1. The molecular weight excluding hydrogens is 444 g/mol. The number of benzene rings is 3. The van der Waals surface area contributed by atoms with Gasteiger partial charge >= 0.3 is 0 Å². The minimum absolute atomic E-state index is 0.0262. The Hall–Kier alpha value is -3.31. The summed E-state index contributed by atoms with van der Waals surface area (Å²) in [5.41, 5.74) is 5.33. The molecule has 5 rings (SSSR count). The zero-order valence-electron chi connectivity index (χ0n) is 19.4. The molecule has 2 heterocycles. The highest BCUT2D eigenvalue weighted by Gasteiger charge is 2.19. The summed E-state index contributed by atoms with van der Waals surface area (Å²) in [6.07, 6.45) is 2.75. The van der Waals surface area contributed by atoms with E-state index in [-0.39, 0.29) is 11.9 Å². The van der Waals surface area contributed by atoms with Crippen molar-refractivity contribution in [1.82, 2.24) is 14.5 Å². The molecule has 0 spiro atoms. The van der Waals surface area contributed by atoms with E-state index in [4.69, 9.17) is 16.6 Å². The third kappa shape index (κ3) is 4.95. The average Bonchev–Trinajstić information content (AvgIpc) is 3.19. The van der Waals surface area contributed by atoms with Gasteiger partial charge in [0, 0.05) is 36.8 Å². The Labute approximate surface area is 205 Å². The lowest BCUT2D eigenvalue weighted by Gasteiger charge is -2.27. The van der Waals surface area contributed by atoms with Gasteiger partial charge in [0.05, 0.1) is 17.1 Å². The number of hydrogen-bond acceptors (Lipinski definition) is 3. The van der Waals surface area contributed by atoms with Gasteiger partial charge in [-0.15, -0.1) is 0 Å². The first-order valence-corrected chi connectivity index (χ1v) is 12.3. The second kappa shape index (κ2) is 9.90. The number of piperidine rings is 1. The first-order chi connectivity index (χ1) is 16.6. The lowest BCUT2D eigenvalue weighted by Crippen LogP contribution is -2.34. The van der Waals surface area contributed by atoms with Crippen LogP contribution in [0, 0.1) is 0 Å². The number of likely N-dealkylation sites (tertiary alicyclic amines) is 1. The number of fused-ring (bicyclic) bond motifs is 1. The molecule has 0 saturated carbocycles. The zero-order valence-corrected chi connectivity index (χ0v) is 20.1. The van der Waals surface area contributed by atoms with Crippen molar-refractivity contribution in [2.24, 2.45) is 0 Å². The van der Waals surface area contributed by atoms with Crippen LogP contribution in [0.1, 0.15) is 49.2 Å². The third-order valence-corrected chi connectivity index (χ3v) is 6.65. The molecule has 1 N–H and O–H groups in total. The van der Waals surface area contributed by atoms with Crippen LogP contribution in [0.15, 0.2) is 72.8 Å². The van der Waals surface area contributed by atoms with Crippen molar-refractivity contribution in [3.8, 4) is 0 Å². The molecule has 3 aromatic carbocycles. The molecule has 6 heteroatoms. The van der Waals surface area contributed by atoms with E-state index in [0.717, 1.165) is 54.0 Å². The van der Waals surface area contributed by atoms with Crippen LogP contribution in [0.3, 0.4) is 0 Å². The van der Waals surface area contributed by atoms with Crippen molar-refractivity contribution in [3.63, 3.8) is 0 Å². The highest BCUT2D eigenvalue weighted by atomic mass is 35.5. The molecule has 0 radical (unpaired) electrons. The highest BCUT2D eigenvalue weighted by molar-refractivity contribution is 6.31. The smallest absolute Gasteiger partial charge is 0.222 e.